The fourth-order valence-electron chi connectivity index (χ4n) is 2.46. The third-order valence-electron chi connectivity index (χ3n) is 3.48. The predicted molar refractivity (Wildman–Crippen MR) is 84.6 cm³/mol. The molecule has 1 heterocycles. The van der Waals surface area contributed by atoms with E-state index in [4.69, 9.17) is 4.74 Å². The Morgan fingerprint density at radius 1 is 1.24 bits per heavy atom. The summed E-state index contributed by atoms with van der Waals surface area (Å²) < 4.78 is 5.39. The van der Waals surface area contributed by atoms with Crippen molar-refractivity contribution in [2.75, 3.05) is 18.6 Å². The summed E-state index contributed by atoms with van der Waals surface area (Å²) in [6.45, 7) is 5.37. The van der Waals surface area contributed by atoms with Gasteiger partial charge >= 0.3 is 0 Å². The Balaban J connectivity index is 2.38. The zero-order valence-electron chi connectivity index (χ0n) is 12.8. The molecular weight excluding hydrogens is 264 g/mol. The zero-order chi connectivity index (χ0) is 15.2. The minimum absolute atomic E-state index is 0.589. The van der Waals surface area contributed by atoms with Crippen molar-refractivity contribution >= 4 is 5.69 Å². The number of aliphatic hydroxyl groups is 1. The van der Waals surface area contributed by atoms with Crippen LogP contribution in [0.5, 0.6) is 5.75 Å². The van der Waals surface area contributed by atoms with E-state index in [1.54, 1.807) is 20.2 Å². The number of benzene rings is 1. The average Bonchev–Trinajstić information content (AvgIpc) is 2.52. The molecule has 2 aromatic rings. The lowest BCUT2D eigenvalue weighted by Gasteiger charge is -2.27. The summed E-state index contributed by atoms with van der Waals surface area (Å²) in [5, 5.41) is 10.1. The Bertz CT molecular complexity index is 570. The van der Waals surface area contributed by atoms with Gasteiger partial charge in [-0.3, -0.25) is 4.98 Å². The fraction of sp³-hybridized carbons (Fsp3) is 0.353. The highest BCUT2D eigenvalue weighted by atomic mass is 16.5. The maximum atomic E-state index is 10.1. The lowest BCUT2D eigenvalue weighted by molar-refractivity contribution is 0.194. The van der Waals surface area contributed by atoms with Crippen LogP contribution in [0.3, 0.4) is 0 Å². The third kappa shape index (κ3) is 3.52. The molecule has 1 unspecified atom stereocenters. The first-order valence-electron chi connectivity index (χ1n) is 7.17. The summed E-state index contributed by atoms with van der Waals surface area (Å²) in [5.41, 5.74) is 2.80. The van der Waals surface area contributed by atoms with E-state index in [1.807, 2.05) is 36.4 Å². The van der Waals surface area contributed by atoms with Crippen molar-refractivity contribution in [3.8, 4) is 5.75 Å². The maximum absolute atomic E-state index is 10.1. The van der Waals surface area contributed by atoms with Gasteiger partial charge in [-0.1, -0.05) is 12.1 Å². The van der Waals surface area contributed by atoms with Crippen LogP contribution >= 0.6 is 0 Å². The number of anilines is 1. The molecule has 0 aliphatic carbocycles. The first-order valence-corrected chi connectivity index (χ1v) is 7.17. The van der Waals surface area contributed by atoms with Gasteiger partial charge in [0.15, 0.2) is 0 Å². The van der Waals surface area contributed by atoms with Crippen molar-refractivity contribution in [1.82, 2.24) is 4.98 Å². The van der Waals surface area contributed by atoms with Gasteiger partial charge in [0, 0.05) is 24.0 Å². The van der Waals surface area contributed by atoms with E-state index in [9.17, 15) is 5.11 Å². The predicted octanol–water partition coefficient (Wildman–Crippen LogP) is 3.17. The van der Waals surface area contributed by atoms with E-state index in [-0.39, 0.29) is 0 Å². The number of ether oxygens (including phenoxy) is 1. The molecule has 0 spiro atoms. The Hall–Kier alpha value is -2.07. The molecule has 1 N–H and O–H groups in total. The topological polar surface area (TPSA) is 45.6 Å². The van der Waals surface area contributed by atoms with Crippen LogP contribution in [-0.4, -0.2) is 23.7 Å². The number of hydrogen-bond acceptors (Lipinski definition) is 4. The van der Waals surface area contributed by atoms with Gasteiger partial charge in [0.25, 0.3) is 0 Å². The summed E-state index contributed by atoms with van der Waals surface area (Å²) in [6, 6.07) is 11.7. The van der Waals surface area contributed by atoms with Gasteiger partial charge in [-0.15, -0.1) is 0 Å². The highest BCUT2D eigenvalue weighted by Gasteiger charge is 2.18. The molecule has 0 aliphatic heterocycles. The van der Waals surface area contributed by atoms with Crippen LogP contribution in [0, 0.1) is 0 Å². The second-order valence-corrected chi connectivity index (χ2v) is 4.90. The molecule has 1 aromatic carbocycles. The lowest BCUT2D eigenvalue weighted by atomic mass is 10.1. The number of aromatic nitrogens is 1. The highest BCUT2D eigenvalue weighted by Crippen LogP contribution is 2.35. The largest absolute Gasteiger partial charge is 0.496 e. The quantitative estimate of drug-likeness (QED) is 0.886. The van der Waals surface area contributed by atoms with Crippen LogP contribution in [0.1, 0.15) is 31.2 Å². The molecule has 0 aliphatic rings. The van der Waals surface area contributed by atoms with Crippen LogP contribution in [0.25, 0.3) is 0 Å². The van der Waals surface area contributed by atoms with E-state index in [0.717, 1.165) is 23.5 Å². The van der Waals surface area contributed by atoms with Crippen LogP contribution < -0.4 is 9.64 Å². The van der Waals surface area contributed by atoms with Crippen molar-refractivity contribution in [3.05, 3.63) is 53.9 Å². The molecular formula is C17H22N2O2. The molecule has 4 heteroatoms. The minimum atomic E-state index is -0.589. The lowest BCUT2D eigenvalue weighted by Crippen LogP contribution is -2.24. The monoisotopic (exact) mass is 286 g/mol. The number of pyridine rings is 1. The zero-order valence-corrected chi connectivity index (χ0v) is 12.8. The summed E-state index contributed by atoms with van der Waals surface area (Å²) in [7, 11) is 1.63. The Kier molecular flexibility index (Phi) is 5.17. The second-order valence-electron chi connectivity index (χ2n) is 4.90. The molecule has 0 amide bonds. The molecule has 112 valence electrons. The smallest absolute Gasteiger partial charge is 0.126 e. The van der Waals surface area contributed by atoms with Crippen molar-refractivity contribution in [1.29, 1.82) is 0 Å². The summed E-state index contributed by atoms with van der Waals surface area (Å²) in [5.74, 6) is 0.710. The summed E-state index contributed by atoms with van der Waals surface area (Å²) in [6.07, 6.45) is 1.21. The Morgan fingerprint density at radius 2 is 2.05 bits per heavy atom. The van der Waals surface area contributed by atoms with Crippen molar-refractivity contribution in [2.45, 2.75) is 26.5 Å². The second kappa shape index (κ2) is 7.09. The Labute approximate surface area is 126 Å². The molecule has 4 nitrogen and oxygen atoms in total. The molecule has 0 fully saturated rings. The van der Waals surface area contributed by atoms with Gasteiger partial charge in [0.1, 0.15) is 5.75 Å². The van der Waals surface area contributed by atoms with Crippen molar-refractivity contribution in [3.63, 3.8) is 0 Å². The number of aliphatic hydroxyl groups excluding tert-OH is 1. The van der Waals surface area contributed by atoms with E-state index in [0.29, 0.717) is 12.3 Å². The fourth-order valence-corrected chi connectivity index (χ4v) is 2.46. The molecule has 0 saturated carbocycles. The molecule has 0 radical (unpaired) electrons. The van der Waals surface area contributed by atoms with Gasteiger partial charge in [-0.25, -0.2) is 0 Å². The van der Waals surface area contributed by atoms with Gasteiger partial charge in [-0.05, 0) is 38.1 Å². The molecule has 1 aromatic heterocycles. The molecule has 1 atom stereocenters. The van der Waals surface area contributed by atoms with Gasteiger partial charge in [0.2, 0.25) is 0 Å². The SMILES string of the molecule is CCN(Cc1ccccn1)c1cccc(OC)c1C(C)O. The van der Waals surface area contributed by atoms with Gasteiger partial charge in [-0.2, -0.15) is 0 Å². The first-order chi connectivity index (χ1) is 10.2. The van der Waals surface area contributed by atoms with Gasteiger partial charge in [0.05, 0.1) is 25.5 Å². The number of methoxy groups -OCH3 is 1. The summed E-state index contributed by atoms with van der Waals surface area (Å²) >= 11 is 0. The number of rotatable bonds is 6. The van der Waals surface area contributed by atoms with Crippen LogP contribution in [0.2, 0.25) is 0 Å². The first kappa shape index (κ1) is 15.3. The molecule has 21 heavy (non-hydrogen) atoms. The van der Waals surface area contributed by atoms with Gasteiger partial charge < -0.3 is 14.7 Å². The maximum Gasteiger partial charge on any atom is 0.126 e. The van der Waals surface area contributed by atoms with Crippen LogP contribution in [0.15, 0.2) is 42.6 Å². The van der Waals surface area contributed by atoms with Crippen LogP contribution in [0.4, 0.5) is 5.69 Å². The average molecular weight is 286 g/mol. The molecule has 0 bridgehead atoms. The number of hydrogen-bond donors (Lipinski definition) is 1. The normalized spacial score (nSPS) is 12.0. The standard InChI is InChI=1S/C17H22N2O2/c1-4-19(12-14-8-5-6-11-18-14)15-9-7-10-16(21-3)17(15)13(2)20/h5-11,13,20H,4,12H2,1-3H3. The third-order valence-corrected chi connectivity index (χ3v) is 3.48. The number of nitrogens with zero attached hydrogens (tertiary/aromatic N) is 2. The molecule has 2 rings (SSSR count). The van der Waals surface area contributed by atoms with Crippen LogP contribution in [-0.2, 0) is 6.54 Å². The van der Waals surface area contributed by atoms with Crippen molar-refractivity contribution < 1.29 is 9.84 Å². The van der Waals surface area contributed by atoms with Crippen molar-refractivity contribution in [2.24, 2.45) is 0 Å². The van der Waals surface area contributed by atoms with E-state index in [2.05, 4.69) is 16.8 Å². The summed E-state index contributed by atoms with van der Waals surface area (Å²) in [4.78, 5) is 6.56. The molecule has 0 saturated heterocycles. The highest BCUT2D eigenvalue weighted by molar-refractivity contribution is 5.60. The van der Waals surface area contributed by atoms with E-state index >= 15 is 0 Å². The van der Waals surface area contributed by atoms with E-state index < -0.39 is 6.10 Å². The van der Waals surface area contributed by atoms with E-state index in [1.165, 1.54) is 0 Å². The Morgan fingerprint density at radius 3 is 2.62 bits per heavy atom. The minimum Gasteiger partial charge on any atom is -0.496 e.